The van der Waals surface area contributed by atoms with Crippen molar-refractivity contribution in [3.05, 3.63) is 22.7 Å². The number of amides is 1. The van der Waals surface area contributed by atoms with E-state index in [9.17, 15) is 9.59 Å². The number of hydrogen-bond acceptors (Lipinski definition) is 4. The van der Waals surface area contributed by atoms with Gasteiger partial charge >= 0.3 is 5.97 Å². The molecule has 1 unspecified atom stereocenters. The molecule has 0 radical (unpaired) electrons. The van der Waals surface area contributed by atoms with E-state index in [0.29, 0.717) is 18.1 Å². The summed E-state index contributed by atoms with van der Waals surface area (Å²) in [5.74, 6) is -0.876. The van der Waals surface area contributed by atoms with Crippen LogP contribution in [0.1, 0.15) is 24.2 Å². The molecule has 0 spiro atoms. The zero-order valence-corrected chi connectivity index (χ0v) is 13.1. The second kappa shape index (κ2) is 7.17. The predicted molar refractivity (Wildman–Crippen MR) is 78.4 cm³/mol. The van der Waals surface area contributed by atoms with Gasteiger partial charge in [0.05, 0.1) is 18.7 Å². The predicted octanol–water partition coefficient (Wildman–Crippen LogP) is 2.29. The number of benzene rings is 1. The molecule has 0 saturated carbocycles. The second-order valence-electron chi connectivity index (χ2n) is 4.35. The minimum absolute atomic E-state index is 0.232. The normalized spacial score (nSPS) is 11.7. The number of rotatable bonds is 6. The maximum absolute atomic E-state index is 12.3. The van der Waals surface area contributed by atoms with Gasteiger partial charge in [-0.3, -0.25) is 4.79 Å². The minimum Gasteiger partial charge on any atom is -0.493 e. The molecule has 6 nitrogen and oxygen atoms in total. The molecule has 0 aromatic heterocycles. The fourth-order valence-corrected chi connectivity index (χ4v) is 1.94. The first kappa shape index (κ1) is 17.1. The average Bonchev–Trinajstić information content (AvgIpc) is 2.46. The third-order valence-electron chi connectivity index (χ3n) is 3.02. The van der Waals surface area contributed by atoms with Crippen molar-refractivity contribution in [1.29, 1.82) is 0 Å². The summed E-state index contributed by atoms with van der Waals surface area (Å²) in [6.45, 7) is 3.63. The molecule has 1 amide bonds. The molecule has 0 saturated heterocycles. The summed E-state index contributed by atoms with van der Waals surface area (Å²) in [7, 11) is 2.85. The van der Waals surface area contributed by atoms with Crippen molar-refractivity contribution in [2.45, 2.75) is 19.9 Å². The Morgan fingerprint density at radius 2 is 2.05 bits per heavy atom. The minimum atomic E-state index is -1.09. The highest BCUT2D eigenvalue weighted by Crippen LogP contribution is 2.36. The van der Waals surface area contributed by atoms with E-state index in [4.69, 9.17) is 26.2 Å². The van der Waals surface area contributed by atoms with Gasteiger partial charge in [-0.25, -0.2) is 4.79 Å². The van der Waals surface area contributed by atoms with Gasteiger partial charge in [0.25, 0.3) is 5.91 Å². The van der Waals surface area contributed by atoms with Crippen molar-refractivity contribution in [2.24, 2.45) is 0 Å². The molecule has 0 heterocycles. The van der Waals surface area contributed by atoms with Crippen molar-refractivity contribution < 1.29 is 24.2 Å². The first-order valence-electron chi connectivity index (χ1n) is 6.33. The van der Waals surface area contributed by atoms with Gasteiger partial charge in [0.1, 0.15) is 6.04 Å². The monoisotopic (exact) mass is 315 g/mol. The molecular formula is C14H18ClNO5. The molecule has 1 aromatic rings. The van der Waals surface area contributed by atoms with Crippen LogP contribution in [-0.4, -0.2) is 48.7 Å². The number of carbonyl (C=O) groups is 2. The van der Waals surface area contributed by atoms with Crippen LogP contribution in [-0.2, 0) is 4.79 Å². The van der Waals surface area contributed by atoms with Crippen LogP contribution in [0, 0.1) is 0 Å². The average molecular weight is 316 g/mol. The van der Waals surface area contributed by atoms with E-state index in [-0.39, 0.29) is 10.6 Å². The number of carbonyl (C=O) groups excluding carboxylic acids is 1. The Morgan fingerprint density at radius 3 is 2.52 bits per heavy atom. The number of ether oxygens (including phenoxy) is 2. The van der Waals surface area contributed by atoms with Crippen molar-refractivity contribution in [3.63, 3.8) is 0 Å². The highest BCUT2D eigenvalue weighted by Gasteiger charge is 2.24. The number of hydrogen-bond donors (Lipinski definition) is 1. The number of likely N-dealkylation sites (N-methyl/N-ethyl adjacent to an activating group) is 1. The van der Waals surface area contributed by atoms with Crippen molar-refractivity contribution in [3.8, 4) is 11.5 Å². The van der Waals surface area contributed by atoms with Crippen molar-refractivity contribution >= 4 is 23.5 Å². The summed E-state index contributed by atoms with van der Waals surface area (Å²) < 4.78 is 10.5. The van der Waals surface area contributed by atoms with Gasteiger partial charge in [-0.05, 0) is 26.0 Å². The summed E-state index contributed by atoms with van der Waals surface area (Å²) >= 11 is 6.09. The number of halogens is 1. The number of carboxylic acids is 1. The molecule has 1 aromatic carbocycles. The van der Waals surface area contributed by atoms with E-state index in [2.05, 4.69) is 0 Å². The highest BCUT2D eigenvalue weighted by atomic mass is 35.5. The van der Waals surface area contributed by atoms with E-state index in [0.717, 1.165) is 4.90 Å². The van der Waals surface area contributed by atoms with Crippen LogP contribution < -0.4 is 9.47 Å². The summed E-state index contributed by atoms with van der Waals surface area (Å²) in [4.78, 5) is 24.3. The maximum Gasteiger partial charge on any atom is 0.326 e. The lowest BCUT2D eigenvalue weighted by atomic mass is 10.1. The standard InChI is InChI=1S/C14H18ClNO5/c1-5-21-12-10(15)6-9(7-11(12)20-4)13(17)16(3)8(2)14(18)19/h6-8H,5H2,1-4H3,(H,18,19). The molecule has 0 bridgehead atoms. The quantitative estimate of drug-likeness (QED) is 0.871. The molecule has 1 N–H and O–H groups in total. The first-order valence-corrected chi connectivity index (χ1v) is 6.71. The molecule has 0 aliphatic carbocycles. The van der Waals surface area contributed by atoms with Crippen LogP contribution in [0.3, 0.4) is 0 Å². The van der Waals surface area contributed by atoms with Gasteiger partial charge in [0.15, 0.2) is 11.5 Å². The number of aliphatic carboxylic acids is 1. The van der Waals surface area contributed by atoms with Gasteiger partial charge in [-0.2, -0.15) is 0 Å². The van der Waals surface area contributed by atoms with Crippen LogP contribution >= 0.6 is 11.6 Å². The van der Waals surface area contributed by atoms with E-state index < -0.39 is 17.9 Å². The Labute approximate surface area is 128 Å². The smallest absolute Gasteiger partial charge is 0.326 e. The Bertz CT molecular complexity index is 546. The van der Waals surface area contributed by atoms with Crippen LogP contribution in [0.5, 0.6) is 11.5 Å². The number of carboxylic acid groups (broad SMARTS) is 1. The third kappa shape index (κ3) is 3.78. The molecule has 7 heteroatoms. The summed E-state index contributed by atoms with van der Waals surface area (Å²) in [6, 6.07) is 1.96. The Hall–Kier alpha value is -1.95. The lowest BCUT2D eigenvalue weighted by Crippen LogP contribution is -2.40. The third-order valence-corrected chi connectivity index (χ3v) is 3.30. The fraction of sp³-hybridized carbons (Fsp3) is 0.429. The zero-order valence-electron chi connectivity index (χ0n) is 12.3. The Morgan fingerprint density at radius 1 is 1.43 bits per heavy atom. The second-order valence-corrected chi connectivity index (χ2v) is 4.76. The van der Waals surface area contributed by atoms with Crippen LogP contribution in [0.4, 0.5) is 0 Å². The summed E-state index contributed by atoms with van der Waals surface area (Å²) in [5.41, 5.74) is 0.232. The van der Waals surface area contributed by atoms with Crippen LogP contribution in [0.2, 0.25) is 5.02 Å². The van der Waals surface area contributed by atoms with Gasteiger partial charge < -0.3 is 19.5 Å². The fourth-order valence-electron chi connectivity index (χ4n) is 1.67. The topological polar surface area (TPSA) is 76.1 Å². The van der Waals surface area contributed by atoms with Gasteiger partial charge in [-0.1, -0.05) is 11.6 Å². The summed E-state index contributed by atoms with van der Waals surface area (Å²) in [5, 5.41) is 9.19. The molecule has 1 rings (SSSR count). The van der Waals surface area contributed by atoms with Crippen LogP contribution in [0.25, 0.3) is 0 Å². The van der Waals surface area contributed by atoms with E-state index in [1.165, 1.54) is 33.2 Å². The molecule has 0 aliphatic rings. The molecule has 0 fully saturated rings. The van der Waals surface area contributed by atoms with Gasteiger partial charge in [0.2, 0.25) is 0 Å². The SMILES string of the molecule is CCOc1c(Cl)cc(C(=O)N(C)C(C)C(=O)O)cc1OC. The molecular weight excluding hydrogens is 298 g/mol. The highest BCUT2D eigenvalue weighted by molar-refractivity contribution is 6.32. The van der Waals surface area contributed by atoms with Crippen molar-refractivity contribution in [2.75, 3.05) is 20.8 Å². The molecule has 1 atom stereocenters. The lowest BCUT2D eigenvalue weighted by Gasteiger charge is -2.22. The van der Waals surface area contributed by atoms with Crippen molar-refractivity contribution in [1.82, 2.24) is 4.90 Å². The van der Waals surface area contributed by atoms with Crippen LogP contribution in [0.15, 0.2) is 12.1 Å². The van der Waals surface area contributed by atoms with E-state index in [1.54, 1.807) is 6.92 Å². The molecule has 116 valence electrons. The maximum atomic E-state index is 12.3. The van der Waals surface area contributed by atoms with Gasteiger partial charge in [0, 0.05) is 12.6 Å². The zero-order chi connectivity index (χ0) is 16.2. The van der Waals surface area contributed by atoms with E-state index in [1.807, 2.05) is 0 Å². The molecule has 0 aliphatic heterocycles. The summed E-state index contributed by atoms with van der Waals surface area (Å²) in [6.07, 6.45) is 0. The van der Waals surface area contributed by atoms with Gasteiger partial charge in [-0.15, -0.1) is 0 Å². The first-order chi connectivity index (χ1) is 9.83. The molecule has 21 heavy (non-hydrogen) atoms. The largest absolute Gasteiger partial charge is 0.493 e. The number of methoxy groups -OCH3 is 1. The number of nitrogens with zero attached hydrogens (tertiary/aromatic N) is 1. The Kier molecular flexibility index (Phi) is 5.84. The van der Waals surface area contributed by atoms with E-state index >= 15 is 0 Å². The Balaban J connectivity index is 3.17. The lowest BCUT2D eigenvalue weighted by molar-refractivity contribution is -0.141.